The monoisotopic (exact) mass is 781 g/mol. The summed E-state index contributed by atoms with van der Waals surface area (Å²) in [5.41, 5.74) is 1.69. The summed E-state index contributed by atoms with van der Waals surface area (Å²) in [6, 6.07) is -1.11. The minimum Gasteiger partial charge on any atom is -0.456 e. The van der Waals surface area contributed by atoms with E-state index in [9.17, 15) is 29.4 Å². The summed E-state index contributed by atoms with van der Waals surface area (Å²) in [7, 11) is 4.70. The molecule has 0 aromatic rings. The van der Waals surface area contributed by atoms with Crippen molar-refractivity contribution >= 4 is 35.0 Å². The predicted octanol–water partition coefficient (Wildman–Crippen LogP) is 5.08. The quantitative estimate of drug-likeness (QED) is 0.166. The molecule has 4 aliphatic rings. The minimum absolute atomic E-state index is 0.0540. The zero-order valence-corrected chi connectivity index (χ0v) is 34.2. The maximum Gasteiger partial charge on any atom is 0.329 e. The lowest BCUT2D eigenvalue weighted by atomic mass is 9.82. The van der Waals surface area contributed by atoms with Crippen molar-refractivity contribution in [2.45, 2.75) is 159 Å². The fraction of sp³-hybridized carbons (Fsp3) is 0.805. The van der Waals surface area contributed by atoms with Crippen LogP contribution in [0.1, 0.15) is 105 Å². The summed E-state index contributed by atoms with van der Waals surface area (Å²) in [6.45, 7) is 9.32. The van der Waals surface area contributed by atoms with Gasteiger partial charge in [0.25, 0.3) is 11.7 Å². The number of ether oxygens (including phenoxy) is 5. The highest BCUT2D eigenvalue weighted by molar-refractivity contribution is 6.39. The maximum atomic E-state index is 14.2. The molecule has 0 aromatic heterocycles. The van der Waals surface area contributed by atoms with Gasteiger partial charge in [0.15, 0.2) is 0 Å². The number of alkyl halides is 1. The Kier molecular flexibility index (Phi) is 16.3. The van der Waals surface area contributed by atoms with Crippen LogP contribution in [0.25, 0.3) is 0 Å². The Labute approximate surface area is 326 Å². The zero-order valence-electron chi connectivity index (χ0n) is 33.5. The first-order valence-electron chi connectivity index (χ1n) is 19.8. The molecule has 54 heavy (non-hydrogen) atoms. The third-order valence-electron chi connectivity index (χ3n) is 12.2. The van der Waals surface area contributed by atoms with Crippen LogP contribution in [0, 0.1) is 23.7 Å². The zero-order chi connectivity index (χ0) is 39.9. The number of halogens is 1. The van der Waals surface area contributed by atoms with Crippen LogP contribution in [0.4, 0.5) is 0 Å². The van der Waals surface area contributed by atoms with Gasteiger partial charge in [-0.05, 0) is 89.0 Å². The van der Waals surface area contributed by atoms with Gasteiger partial charge in [0, 0.05) is 52.6 Å². The van der Waals surface area contributed by atoms with Crippen LogP contribution in [-0.2, 0) is 42.9 Å². The van der Waals surface area contributed by atoms with Gasteiger partial charge in [-0.2, -0.15) is 0 Å². The molecule has 2 saturated heterocycles. The van der Waals surface area contributed by atoms with Crippen molar-refractivity contribution in [1.82, 2.24) is 4.90 Å². The summed E-state index contributed by atoms with van der Waals surface area (Å²) < 4.78 is 29.7. The van der Waals surface area contributed by atoms with Gasteiger partial charge < -0.3 is 38.8 Å². The Morgan fingerprint density at radius 3 is 2.28 bits per heavy atom. The maximum absolute atomic E-state index is 14.2. The van der Waals surface area contributed by atoms with Crippen molar-refractivity contribution in [3.8, 4) is 0 Å². The smallest absolute Gasteiger partial charge is 0.329 e. The minimum atomic E-state index is -2.49. The van der Waals surface area contributed by atoms with E-state index < -0.39 is 71.8 Å². The molecule has 2 bridgehead atoms. The highest BCUT2D eigenvalue weighted by atomic mass is 35.5. The number of allylic oxidation sites excluding steroid dienone is 3. The van der Waals surface area contributed by atoms with Crippen LogP contribution in [0.15, 0.2) is 23.3 Å². The van der Waals surface area contributed by atoms with Gasteiger partial charge in [-0.25, -0.2) is 4.79 Å². The standard InChI is InChI=1S/C41H64ClNO11/c1-23-12-14-29(44)22-32(45)27(5)36(25(3)19-28-13-15-30(42)33(21-28)50-6)53-40(48)31-11-9-10-16-43(31)39(47)38(46)41(49)26(4)20-35(52-8)37(54-41)34(51-7)18-24(2)17-23/h12,19,24,26-28,30-37,45,49H,9-11,13-18,20-22H2,1-8H3/b23-12+,25-19+/t24-,26+,27+,28-,30-,31-,32-,33+,34-,35-,36+,37+,41+/m0/s1. The van der Waals surface area contributed by atoms with Crippen LogP contribution in [0.5, 0.6) is 0 Å². The van der Waals surface area contributed by atoms with Gasteiger partial charge >= 0.3 is 5.97 Å². The fourth-order valence-corrected chi connectivity index (χ4v) is 9.17. The number of aliphatic hydroxyl groups is 2. The molecule has 13 atom stereocenters. The van der Waals surface area contributed by atoms with Crippen molar-refractivity contribution in [3.05, 3.63) is 23.3 Å². The molecule has 3 fully saturated rings. The molecule has 2 N–H and O–H groups in total. The van der Waals surface area contributed by atoms with Crippen LogP contribution >= 0.6 is 11.6 Å². The number of Topliss-reactive ketones (excluding diaryl/α,β-unsaturated/α-hetero) is 2. The lowest BCUT2D eigenvalue weighted by Crippen LogP contribution is -2.64. The third-order valence-corrected chi connectivity index (χ3v) is 12.7. The van der Waals surface area contributed by atoms with Crippen LogP contribution in [-0.4, -0.2) is 120 Å². The molecule has 1 aliphatic carbocycles. The molecular formula is C41H64ClNO11. The molecule has 0 unspecified atom stereocenters. The number of hydrogen-bond acceptors (Lipinski definition) is 11. The molecule has 0 aromatic carbocycles. The molecule has 1 amide bonds. The van der Waals surface area contributed by atoms with E-state index in [1.54, 1.807) is 21.0 Å². The van der Waals surface area contributed by atoms with Crippen LogP contribution in [0.2, 0.25) is 0 Å². The molecule has 0 spiro atoms. The van der Waals surface area contributed by atoms with E-state index in [0.29, 0.717) is 37.7 Å². The SMILES string of the molecule is CO[C@H]1C[C@@H](C)C/C(C)=C/CC(=O)C[C@H](O)[C@@H](C)[C@@H](/C(C)=C/[C@@H]2CC[C@H](Cl)[C@H](OC)C2)OC(=O)[C@@H]2CCCCN2C(=O)C(=O)[C@]2(O)O[C@H]1[C@@H](OC)C[C@H]2C. The van der Waals surface area contributed by atoms with Gasteiger partial charge in [-0.1, -0.05) is 38.5 Å². The average molecular weight is 782 g/mol. The summed E-state index contributed by atoms with van der Waals surface area (Å²) in [5.74, 6) is -6.89. The van der Waals surface area contributed by atoms with E-state index in [2.05, 4.69) is 0 Å². The fourth-order valence-electron chi connectivity index (χ4n) is 8.84. The molecule has 306 valence electrons. The number of carbonyl (C=O) groups is 4. The number of piperidine rings is 1. The number of carbonyl (C=O) groups excluding carboxylic acids is 4. The van der Waals surface area contributed by atoms with Crippen LogP contribution in [0.3, 0.4) is 0 Å². The predicted molar refractivity (Wildman–Crippen MR) is 203 cm³/mol. The molecule has 13 heteroatoms. The molecule has 1 saturated carbocycles. The second-order valence-corrected chi connectivity index (χ2v) is 17.0. The lowest BCUT2D eigenvalue weighted by molar-refractivity contribution is -0.302. The number of hydrogen-bond donors (Lipinski definition) is 2. The number of aliphatic hydroxyl groups excluding tert-OH is 1. The topological polar surface area (TPSA) is 158 Å². The number of methoxy groups -OCH3 is 3. The number of rotatable bonds is 5. The Hall–Kier alpha value is -2.19. The largest absolute Gasteiger partial charge is 0.456 e. The van der Waals surface area contributed by atoms with Crippen LogP contribution < -0.4 is 0 Å². The van der Waals surface area contributed by atoms with Gasteiger partial charge in [-0.3, -0.25) is 14.4 Å². The second-order valence-electron chi connectivity index (χ2n) is 16.4. The number of ketones is 2. The number of amides is 1. The second kappa shape index (κ2) is 19.8. The van der Waals surface area contributed by atoms with Gasteiger partial charge in [-0.15, -0.1) is 11.6 Å². The average Bonchev–Trinajstić information content (AvgIpc) is 3.15. The van der Waals surface area contributed by atoms with Crippen molar-refractivity contribution in [3.63, 3.8) is 0 Å². The Morgan fingerprint density at radius 1 is 0.944 bits per heavy atom. The molecule has 12 nitrogen and oxygen atoms in total. The Morgan fingerprint density at radius 2 is 1.61 bits per heavy atom. The summed E-state index contributed by atoms with van der Waals surface area (Å²) in [6.07, 6.45) is 4.71. The van der Waals surface area contributed by atoms with Gasteiger partial charge in [0.1, 0.15) is 24.0 Å². The van der Waals surface area contributed by atoms with Crippen molar-refractivity contribution in [2.24, 2.45) is 23.7 Å². The third kappa shape index (κ3) is 10.6. The molecule has 4 rings (SSSR count). The molecule has 0 radical (unpaired) electrons. The molecular weight excluding hydrogens is 718 g/mol. The van der Waals surface area contributed by atoms with Gasteiger partial charge in [0.05, 0.1) is 29.8 Å². The van der Waals surface area contributed by atoms with Crippen molar-refractivity contribution in [1.29, 1.82) is 0 Å². The summed E-state index contributed by atoms with van der Waals surface area (Å²) in [4.78, 5) is 56.9. The van der Waals surface area contributed by atoms with E-state index >= 15 is 0 Å². The Balaban J connectivity index is 1.72. The lowest BCUT2D eigenvalue weighted by Gasteiger charge is -2.47. The van der Waals surface area contributed by atoms with Crippen molar-refractivity contribution in [2.75, 3.05) is 27.9 Å². The normalized spacial score (nSPS) is 41.3. The first kappa shape index (κ1) is 44.5. The van der Waals surface area contributed by atoms with E-state index in [1.807, 2.05) is 32.9 Å². The molecule has 3 heterocycles. The highest BCUT2D eigenvalue weighted by Crippen LogP contribution is 2.39. The van der Waals surface area contributed by atoms with Crippen molar-refractivity contribution < 1.29 is 53.1 Å². The number of fused-ring (bicyclic) bond motifs is 3. The summed E-state index contributed by atoms with van der Waals surface area (Å²) >= 11 is 6.50. The summed E-state index contributed by atoms with van der Waals surface area (Å²) in [5, 5.41) is 23.3. The van der Waals surface area contributed by atoms with E-state index in [-0.39, 0.29) is 61.3 Å². The number of esters is 1. The highest BCUT2D eigenvalue weighted by Gasteiger charge is 2.56. The number of cyclic esters (lactones) is 1. The first-order valence-corrected chi connectivity index (χ1v) is 20.2. The van der Waals surface area contributed by atoms with E-state index in [0.717, 1.165) is 18.4 Å². The Bertz CT molecular complexity index is 1390. The van der Waals surface area contributed by atoms with E-state index in [4.69, 9.17) is 35.3 Å². The van der Waals surface area contributed by atoms with E-state index in [1.165, 1.54) is 19.1 Å². The van der Waals surface area contributed by atoms with Gasteiger partial charge in [0.2, 0.25) is 5.79 Å². The molecule has 3 aliphatic heterocycles. The first-order chi connectivity index (χ1) is 25.5. The number of nitrogens with zero attached hydrogens (tertiary/aromatic N) is 1.